The molecule has 0 radical (unpaired) electrons. The topological polar surface area (TPSA) is 29.5 Å². The predicted octanol–water partition coefficient (Wildman–Crippen LogP) is 6.05. The molecule has 9 atom stereocenters. The molecular formula is C24H41BrO2. The summed E-state index contributed by atoms with van der Waals surface area (Å²) in [6, 6.07) is 0. The second kappa shape index (κ2) is 7.91. The Morgan fingerprint density at radius 1 is 1.04 bits per heavy atom. The molecule has 4 rings (SSSR count). The second-order valence-electron chi connectivity index (χ2n) is 10.9. The average Bonchev–Trinajstić information content (AvgIpc) is 3.02. The van der Waals surface area contributed by atoms with Crippen LogP contribution in [0.5, 0.6) is 0 Å². The molecule has 27 heavy (non-hydrogen) atoms. The lowest BCUT2D eigenvalue weighted by molar-refractivity contribution is -0.129. The van der Waals surface area contributed by atoms with Crippen molar-refractivity contribution in [2.75, 3.05) is 18.5 Å². The molecule has 0 amide bonds. The number of ether oxygens (including phenoxy) is 1. The van der Waals surface area contributed by atoms with Gasteiger partial charge in [-0.1, -0.05) is 29.8 Å². The van der Waals surface area contributed by atoms with Crippen molar-refractivity contribution in [3.8, 4) is 0 Å². The first-order valence-corrected chi connectivity index (χ1v) is 12.9. The Hall–Kier alpha value is 0.400. The molecular weight excluding hydrogens is 400 g/mol. The van der Waals surface area contributed by atoms with Gasteiger partial charge in [0.15, 0.2) is 0 Å². The maximum atomic E-state index is 11.0. The fraction of sp³-hybridized carbons (Fsp3) is 1.00. The molecule has 3 heteroatoms. The standard InChI is InChI=1S/C24H41BrO2/c1-4-27-15-24(26)12-10-18-17(13-24)5-6-20-19(18)9-11-23(3)21(16(2)14-25)7-8-22(20)23/h16-22,26H,4-15H2,1-3H3/t16?,17?,18-,19?,20?,21?,22-,23?,24+/m0/s1. The van der Waals surface area contributed by atoms with Gasteiger partial charge in [0.1, 0.15) is 0 Å². The van der Waals surface area contributed by atoms with E-state index in [4.69, 9.17) is 4.74 Å². The van der Waals surface area contributed by atoms with Crippen molar-refractivity contribution in [3.05, 3.63) is 0 Å². The number of alkyl halides is 1. The van der Waals surface area contributed by atoms with Gasteiger partial charge >= 0.3 is 0 Å². The summed E-state index contributed by atoms with van der Waals surface area (Å²) in [5.41, 5.74) is 0.0442. The maximum Gasteiger partial charge on any atom is 0.0883 e. The van der Waals surface area contributed by atoms with E-state index < -0.39 is 5.60 Å². The highest BCUT2D eigenvalue weighted by molar-refractivity contribution is 9.09. The van der Waals surface area contributed by atoms with E-state index in [1.165, 1.54) is 44.9 Å². The van der Waals surface area contributed by atoms with E-state index in [2.05, 4.69) is 29.8 Å². The van der Waals surface area contributed by atoms with E-state index in [0.717, 1.165) is 66.2 Å². The molecule has 0 heterocycles. The Morgan fingerprint density at radius 2 is 1.81 bits per heavy atom. The van der Waals surface area contributed by atoms with E-state index in [9.17, 15) is 5.11 Å². The summed E-state index contributed by atoms with van der Waals surface area (Å²) in [6.45, 7) is 8.42. The number of fused-ring (bicyclic) bond motifs is 5. The zero-order valence-electron chi connectivity index (χ0n) is 17.8. The van der Waals surface area contributed by atoms with Crippen LogP contribution < -0.4 is 0 Å². The molecule has 1 N–H and O–H groups in total. The second-order valence-corrected chi connectivity index (χ2v) is 11.5. The molecule has 4 saturated carbocycles. The molecule has 4 aliphatic rings. The van der Waals surface area contributed by atoms with Crippen molar-refractivity contribution >= 4 is 15.9 Å². The average molecular weight is 441 g/mol. The molecule has 4 aliphatic carbocycles. The monoisotopic (exact) mass is 440 g/mol. The molecule has 0 aliphatic heterocycles. The van der Waals surface area contributed by atoms with Gasteiger partial charge in [-0.3, -0.25) is 0 Å². The SMILES string of the molecule is CCOC[C@@]1(O)CC[C@H]2C(CCC3C2CCC2(C)C(C(C)CBr)CC[C@@H]32)C1. The van der Waals surface area contributed by atoms with Gasteiger partial charge in [0.05, 0.1) is 12.2 Å². The van der Waals surface area contributed by atoms with Crippen LogP contribution in [0.4, 0.5) is 0 Å². The van der Waals surface area contributed by atoms with Gasteiger partial charge in [-0.05, 0) is 112 Å². The fourth-order valence-corrected chi connectivity index (χ4v) is 8.92. The van der Waals surface area contributed by atoms with Crippen LogP contribution in [-0.4, -0.2) is 29.3 Å². The van der Waals surface area contributed by atoms with E-state index in [0.29, 0.717) is 12.0 Å². The molecule has 0 aromatic heterocycles. The van der Waals surface area contributed by atoms with E-state index >= 15 is 0 Å². The third-order valence-corrected chi connectivity index (χ3v) is 10.7. The summed E-state index contributed by atoms with van der Waals surface area (Å²) in [6.07, 6.45) is 11.8. The predicted molar refractivity (Wildman–Crippen MR) is 115 cm³/mol. The van der Waals surface area contributed by atoms with Crippen LogP contribution in [0.3, 0.4) is 0 Å². The minimum atomic E-state index is -0.545. The Kier molecular flexibility index (Phi) is 6.05. The van der Waals surface area contributed by atoms with E-state index in [-0.39, 0.29) is 0 Å². The first-order chi connectivity index (χ1) is 12.9. The van der Waals surface area contributed by atoms with Crippen LogP contribution in [-0.2, 0) is 4.74 Å². The molecule has 0 aromatic rings. The summed E-state index contributed by atoms with van der Waals surface area (Å²) in [7, 11) is 0. The lowest BCUT2D eigenvalue weighted by Crippen LogP contribution is -2.52. The smallest absolute Gasteiger partial charge is 0.0883 e. The van der Waals surface area contributed by atoms with Crippen molar-refractivity contribution in [3.63, 3.8) is 0 Å². The third-order valence-electron chi connectivity index (χ3n) is 9.68. The van der Waals surface area contributed by atoms with Gasteiger partial charge in [-0.2, -0.15) is 0 Å². The van der Waals surface area contributed by atoms with Gasteiger partial charge < -0.3 is 9.84 Å². The molecule has 0 aromatic carbocycles. The quantitative estimate of drug-likeness (QED) is 0.526. The highest BCUT2D eigenvalue weighted by atomic mass is 79.9. The first kappa shape index (κ1) is 20.7. The lowest BCUT2D eigenvalue weighted by atomic mass is 9.48. The first-order valence-electron chi connectivity index (χ1n) is 11.8. The van der Waals surface area contributed by atoms with Crippen molar-refractivity contribution in [2.45, 2.75) is 84.2 Å². The maximum absolute atomic E-state index is 11.0. The Balaban J connectivity index is 1.46. The van der Waals surface area contributed by atoms with Gasteiger partial charge in [-0.25, -0.2) is 0 Å². The van der Waals surface area contributed by atoms with Crippen molar-refractivity contribution in [2.24, 2.45) is 46.8 Å². The van der Waals surface area contributed by atoms with Gasteiger partial charge in [0.2, 0.25) is 0 Å². The molecule has 0 saturated heterocycles. The highest BCUT2D eigenvalue weighted by Crippen LogP contribution is 2.65. The summed E-state index contributed by atoms with van der Waals surface area (Å²) in [5, 5.41) is 12.2. The van der Waals surface area contributed by atoms with Crippen LogP contribution in [0, 0.1) is 46.8 Å². The van der Waals surface area contributed by atoms with Crippen LogP contribution in [0.15, 0.2) is 0 Å². The van der Waals surface area contributed by atoms with Crippen molar-refractivity contribution in [1.82, 2.24) is 0 Å². The molecule has 4 fully saturated rings. The normalized spacial score (nSPS) is 50.6. The third kappa shape index (κ3) is 3.56. The van der Waals surface area contributed by atoms with Crippen LogP contribution >= 0.6 is 15.9 Å². The highest BCUT2D eigenvalue weighted by Gasteiger charge is 2.58. The zero-order chi connectivity index (χ0) is 19.2. The summed E-state index contributed by atoms with van der Waals surface area (Å²) in [5.74, 6) is 6.23. The van der Waals surface area contributed by atoms with Crippen LogP contribution in [0.1, 0.15) is 78.6 Å². The van der Waals surface area contributed by atoms with Gasteiger partial charge in [-0.15, -0.1) is 0 Å². The number of rotatable bonds is 5. The van der Waals surface area contributed by atoms with Gasteiger partial charge in [0.25, 0.3) is 0 Å². The number of hydrogen-bond donors (Lipinski definition) is 1. The Labute approximate surface area is 175 Å². The minimum absolute atomic E-state index is 0.545. The zero-order valence-corrected chi connectivity index (χ0v) is 19.3. The largest absolute Gasteiger partial charge is 0.387 e. The number of aliphatic hydroxyl groups is 1. The van der Waals surface area contributed by atoms with Crippen molar-refractivity contribution in [1.29, 1.82) is 0 Å². The van der Waals surface area contributed by atoms with E-state index in [1.54, 1.807) is 0 Å². The van der Waals surface area contributed by atoms with Gasteiger partial charge in [0, 0.05) is 11.9 Å². The fourth-order valence-electron chi connectivity index (χ4n) is 8.47. The number of hydrogen-bond acceptors (Lipinski definition) is 2. The molecule has 156 valence electrons. The summed E-state index contributed by atoms with van der Waals surface area (Å²) >= 11 is 3.77. The molecule has 0 spiro atoms. The van der Waals surface area contributed by atoms with Crippen molar-refractivity contribution < 1.29 is 9.84 Å². The molecule has 2 nitrogen and oxygen atoms in total. The van der Waals surface area contributed by atoms with Crippen LogP contribution in [0.25, 0.3) is 0 Å². The molecule has 0 bridgehead atoms. The minimum Gasteiger partial charge on any atom is -0.387 e. The summed E-state index contributed by atoms with van der Waals surface area (Å²) in [4.78, 5) is 0. The number of halogens is 1. The van der Waals surface area contributed by atoms with Crippen LogP contribution in [0.2, 0.25) is 0 Å². The Morgan fingerprint density at radius 3 is 2.56 bits per heavy atom. The molecule has 6 unspecified atom stereocenters. The lowest BCUT2D eigenvalue weighted by Gasteiger charge is -2.57. The Bertz CT molecular complexity index is 525. The summed E-state index contributed by atoms with van der Waals surface area (Å²) < 4.78 is 5.62. The van der Waals surface area contributed by atoms with E-state index in [1.807, 2.05) is 6.92 Å².